The number of anilines is 1. The van der Waals surface area contributed by atoms with E-state index in [0.29, 0.717) is 18.2 Å². The molecule has 0 aliphatic carbocycles. The van der Waals surface area contributed by atoms with Crippen LogP contribution in [0.3, 0.4) is 0 Å². The van der Waals surface area contributed by atoms with E-state index in [9.17, 15) is 0 Å². The predicted octanol–water partition coefficient (Wildman–Crippen LogP) is 1.42. The van der Waals surface area contributed by atoms with Crippen molar-refractivity contribution in [2.45, 2.75) is 25.4 Å². The molecule has 0 bridgehead atoms. The van der Waals surface area contributed by atoms with Gasteiger partial charge in [-0.05, 0) is 45.2 Å². The Morgan fingerprint density at radius 3 is 2.53 bits per heavy atom. The lowest BCUT2D eigenvalue weighted by atomic mass is 9.93. The highest BCUT2D eigenvalue weighted by atomic mass is 15.3. The minimum atomic E-state index is 0.0329. The summed E-state index contributed by atoms with van der Waals surface area (Å²) in [6.45, 7) is 7.09. The fourth-order valence-electron chi connectivity index (χ4n) is 3.17. The van der Waals surface area contributed by atoms with Gasteiger partial charge in [-0.25, -0.2) is 0 Å². The first-order valence-corrected chi connectivity index (χ1v) is 6.66. The minimum Gasteiger partial charge on any atom is -0.360 e. The van der Waals surface area contributed by atoms with Crippen LogP contribution in [0.15, 0.2) is 24.3 Å². The summed E-state index contributed by atoms with van der Waals surface area (Å²) in [6.07, 6.45) is 0. The molecule has 1 unspecified atom stereocenters. The molecule has 0 radical (unpaired) electrons. The normalized spacial score (nSPS) is 23.1. The van der Waals surface area contributed by atoms with E-state index in [1.54, 1.807) is 0 Å². The van der Waals surface area contributed by atoms with Gasteiger partial charge < -0.3 is 15.5 Å². The standard InChI is InChI=1S/C15H22N4/c1-15(2)11-18(3)10-14(9-17)19(15)13-6-4-12(8-16)5-7-13/h4-7,14H,9-11,17H2,1-3H3. The van der Waals surface area contributed by atoms with Gasteiger partial charge in [-0.1, -0.05) is 0 Å². The summed E-state index contributed by atoms with van der Waals surface area (Å²) in [4.78, 5) is 4.73. The van der Waals surface area contributed by atoms with Crippen molar-refractivity contribution in [1.29, 1.82) is 5.26 Å². The van der Waals surface area contributed by atoms with Gasteiger partial charge in [-0.2, -0.15) is 5.26 Å². The molecule has 0 saturated carbocycles. The Labute approximate surface area is 115 Å². The highest BCUT2D eigenvalue weighted by Gasteiger charge is 2.38. The molecule has 2 rings (SSSR count). The molecule has 4 nitrogen and oxygen atoms in total. The summed E-state index contributed by atoms with van der Waals surface area (Å²) < 4.78 is 0. The zero-order valence-electron chi connectivity index (χ0n) is 11.9. The average Bonchev–Trinajstić information content (AvgIpc) is 2.37. The summed E-state index contributed by atoms with van der Waals surface area (Å²) in [6, 6.07) is 10.3. The van der Waals surface area contributed by atoms with E-state index in [1.807, 2.05) is 24.3 Å². The molecule has 4 heteroatoms. The molecule has 1 aliphatic rings. The molecule has 0 aromatic heterocycles. The summed E-state index contributed by atoms with van der Waals surface area (Å²) in [5.74, 6) is 0. The van der Waals surface area contributed by atoms with Gasteiger partial charge in [-0.3, -0.25) is 0 Å². The van der Waals surface area contributed by atoms with E-state index in [-0.39, 0.29) is 5.54 Å². The smallest absolute Gasteiger partial charge is 0.0991 e. The van der Waals surface area contributed by atoms with Crippen LogP contribution in [-0.4, -0.2) is 43.2 Å². The lowest BCUT2D eigenvalue weighted by molar-refractivity contribution is 0.182. The van der Waals surface area contributed by atoms with Crippen molar-refractivity contribution in [3.63, 3.8) is 0 Å². The zero-order chi connectivity index (χ0) is 14.0. The van der Waals surface area contributed by atoms with Crippen molar-refractivity contribution in [1.82, 2.24) is 4.90 Å². The highest BCUT2D eigenvalue weighted by molar-refractivity contribution is 5.53. The maximum atomic E-state index is 8.88. The molecule has 102 valence electrons. The number of hydrogen-bond donors (Lipinski definition) is 1. The molecule has 19 heavy (non-hydrogen) atoms. The second kappa shape index (κ2) is 5.20. The Bertz CT molecular complexity index is 472. The molecule has 0 spiro atoms. The first-order valence-electron chi connectivity index (χ1n) is 6.66. The molecule has 1 aliphatic heterocycles. The predicted molar refractivity (Wildman–Crippen MR) is 78.1 cm³/mol. The topological polar surface area (TPSA) is 56.3 Å². The number of nitrogens with zero attached hydrogens (tertiary/aromatic N) is 3. The van der Waals surface area contributed by atoms with Crippen LogP contribution in [0, 0.1) is 11.3 Å². The van der Waals surface area contributed by atoms with E-state index in [1.165, 1.54) is 0 Å². The highest BCUT2D eigenvalue weighted by Crippen LogP contribution is 2.30. The SMILES string of the molecule is CN1CC(CN)N(c2ccc(C#N)cc2)C(C)(C)C1. The van der Waals surface area contributed by atoms with Crippen LogP contribution in [-0.2, 0) is 0 Å². The number of hydrogen-bond acceptors (Lipinski definition) is 4. The maximum Gasteiger partial charge on any atom is 0.0991 e. The molecule has 1 heterocycles. The Morgan fingerprint density at radius 2 is 2.00 bits per heavy atom. The third-order valence-electron chi connectivity index (χ3n) is 3.74. The van der Waals surface area contributed by atoms with Gasteiger partial charge in [0, 0.05) is 30.9 Å². The second-order valence-electron chi connectivity index (χ2n) is 5.93. The minimum absolute atomic E-state index is 0.0329. The third-order valence-corrected chi connectivity index (χ3v) is 3.74. The summed E-state index contributed by atoms with van der Waals surface area (Å²) in [7, 11) is 2.14. The van der Waals surface area contributed by atoms with E-state index in [4.69, 9.17) is 11.0 Å². The van der Waals surface area contributed by atoms with Crippen molar-refractivity contribution in [2.24, 2.45) is 5.73 Å². The van der Waals surface area contributed by atoms with Crippen molar-refractivity contribution in [3.8, 4) is 6.07 Å². The first kappa shape index (κ1) is 13.9. The summed E-state index contributed by atoms with van der Waals surface area (Å²) >= 11 is 0. The fraction of sp³-hybridized carbons (Fsp3) is 0.533. The largest absolute Gasteiger partial charge is 0.360 e. The number of piperazine rings is 1. The molecule has 1 atom stereocenters. The van der Waals surface area contributed by atoms with Gasteiger partial charge in [0.15, 0.2) is 0 Å². The van der Waals surface area contributed by atoms with Crippen LogP contribution in [0.1, 0.15) is 19.4 Å². The number of nitrogens with two attached hydrogens (primary N) is 1. The monoisotopic (exact) mass is 258 g/mol. The van der Waals surface area contributed by atoms with Gasteiger partial charge in [0.1, 0.15) is 0 Å². The van der Waals surface area contributed by atoms with E-state index in [0.717, 1.165) is 18.8 Å². The fourth-order valence-corrected chi connectivity index (χ4v) is 3.17. The molecule has 1 fully saturated rings. The van der Waals surface area contributed by atoms with Crippen LogP contribution in [0.4, 0.5) is 5.69 Å². The van der Waals surface area contributed by atoms with Crippen LogP contribution in [0.5, 0.6) is 0 Å². The molecule has 1 aromatic rings. The zero-order valence-corrected chi connectivity index (χ0v) is 11.9. The van der Waals surface area contributed by atoms with Gasteiger partial charge in [0.25, 0.3) is 0 Å². The first-order chi connectivity index (χ1) is 8.97. The molecule has 1 saturated heterocycles. The van der Waals surface area contributed by atoms with Gasteiger partial charge in [0.05, 0.1) is 17.7 Å². The summed E-state index contributed by atoms with van der Waals surface area (Å²) in [5, 5.41) is 8.88. The lowest BCUT2D eigenvalue weighted by Crippen LogP contribution is -2.65. The number of nitriles is 1. The number of benzene rings is 1. The number of rotatable bonds is 2. The lowest BCUT2D eigenvalue weighted by Gasteiger charge is -2.52. The molecular formula is C15H22N4. The van der Waals surface area contributed by atoms with Crippen LogP contribution in [0.25, 0.3) is 0 Å². The maximum absolute atomic E-state index is 8.88. The van der Waals surface area contributed by atoms with Crippen LogP contribution in [0.2, 0.25) is 0 Å². The molecular weight excluding hydrogens is 236 g/mol. The Kier molecular flexibility index (Phi) is 3.79. The van der Waals surface area contributed by atoms with Crippen molar-refractivity contribution in [3.05, 3.63) is 29.8 Å². The third kappa shape index (κ3) is 2.73. The second-order valence-corrected chi connectivity index (χ2v) is 5.93. The van der Waals surface area contributed by atoms with Gasteiger partial charge >= 0.3 is 0 Å². The van der Waals surface area contributed by atoms with Crippen molar-refractivity contribution >= 4 is 5.69 Å². The molecule has 2 N–H and O–H groups in total. The van der Waals surface area contributed by atoms with E-state index in [2.05, 4.69) is 36.8 Å². The Balaban J connectivity index is 2.35. The molecule has 0 amide bonds. The van der Waals surface area contributed by atoms with Crippen LogP contribution >= 0.6 is 0 Å². The van der Waals surface area contributed by atoms with Gasteiger partial charge in [0.2, 0.25) is 0 Å². The van der Waals surface area contributed by atoms with E-state index < -0.39 is 0 Å². The van der Waals surface area contributed by atoms with E-state index >= 15 is 0 Å². The van der Waals surface area contributed by atoms with Gasteiger partial charge in [-0.15, -0.1) is 0 Å². The quantitative estimate of drug-likeness (QED) is 0.871. The van der Waals surface area contributed by atoms with Crippen molar-refractivity contribution in [2.75, 3.05) is 31.6 Å². The molecule has 1 aromatic carbocycles. The Morgan fingerprint density at radius 1 is 1.37 bits per heavy atom. The van der Waals surface area contributed by atoms with Crippen LogP contribution < -0.4 is 10.6 Å². The number of likely N-dealkylation sites (N-methyl/N-ethyl adjacent to an activating group) is 1. The Hall–Kier alpha value is -1.57. The van der Waals surface area contributed by atoms with Crippen molar-refractivity contribution < 1.29 is 0 Å². The summed E-state index contributed by atoms with van der Waals surface area (Å²) in [5.41, 5.74) is 7.82. The average molecular weight is 258 g/mol.